The molecule has 0 heterocycles. The van der Waals surface area contributed by atoms with Crippen molar-refractivity contribution in [2.45, 2.75) is 334 Å². The van der Waals surface area contributed by atoms with Crippen molar-refractivity contribution in [2.24, 2.45) is 0 Å². The average molecular weight is 957 g/mol. The molecule has 6 nitrogen and oxygen atoms in total. The first-order valence-electron chi connectivity index (χ1n) is 30.3. The van der Waals surface area contributed by atoms with E-state index >= 15 is 0 Å². The summed E-state index contributed by atoms with van der Waals surface area (Å²) < 4.78 is 5.47. The third-order valence-corrected chi connectivity index (χ3v) is 13.9. The lowest BCUT2D eigenvalue weighted by atomic mass is 10.0. The third kappa shape index (κ3) is 53.4. The molecule has 0 aromatic heterocycles. The van der Waals surface area contributed by atoms with Crippen LogP contribution in [-0.2, 0) is 14.3 Å². The van der Waals surface area contributed by atoms with Crippen LogP contribution in [0, 0.1) is 0 Å². The first-order chi connectivity index (χ1) is 33.5. The second-order valence-electron chi connectivity index (χ2n) is 20.7. The number of amides is 1. The van der Waals surface area contributed by atoms with Crippen LogP contribution in [0.1, 0.15) is 322 Å². The van der Waals surface area contributed by atoms with E-state index in [-0.39, 0.29) is 18.5 Å². The molecular formula is C62H117NO5. The van der Waals surface area contributed by atoms with Crippen LogP contribution in [0.2, 0.25) is 0 Å². The third-order valence-electron chi connectivity index (χ3n) is 13.9. The lowest BCUT2D eigenvalue weighted by molar-refractivity contribution is -0.143. The van der Waals surface area contributed by atoms with E-state index in [1.54, 1.807) is 6.08 Å². The van der Waals surface area contributed by atoms with Crippen LogP contribution in [0.5, 0.6) is 0 Å². The highest BCUT2D eigenvalue weighted by molar-refractivity contribution is 5.76. The number of carbonyl (C=O) groups is 2. The molecule has 68 heavy (non-hydrogen) atoms. The van der Waals surface area contributed by atoms with E-state index in [1.807, 2.05) is 6.08 Å². The smallest absolute Gasteiger partial charge is 0.305 e. The molecule has 0 rings (SSSR count). The van der Waals surface area contributed by atoms with Gasteiger partial charge in [0.1, 0.15) is 0 Å². The number of ether oxygens (including phenoxy) is 1. The second kappa shape index (κ2) is 57.7. The molecule has 0 saturated heterocycles. The predicted octanol–water partition coefficient (Wildman–Crippen LogP) is 18.8. The summed E-state index contributed by atoms with van der Waals surface area (Å²) in [6, 6.07) is -0.624. The molecule has 0 fully saturated rings. The summed E-state index contributed by atoms with van der Waals surface area (Å²) in [5.74, 6) is -0.0642. The molecule has 0 aromatic carbocycles. The van der Waals surface area contributed by atoms with Crippen LogP contribution < -0.4 is 5.32 Å². The highest BCUT2D eigenvalue weighted by Crippen LogP contribution is 2.17. The summed E-state index contributed by atoms with van der Waals surface area (Å²) in [4.78, 5) is 24.4. The van der Waals surface area contributed by atoms with Crippen LogP contribution in [0.3, 0.4) is 0 Å². The predicted molar refractivity (Wildman–Crippen MR) is 296 cm³/mol. The Bertz CT molecular complexity index is 1100. The number of hydrogen-bond acceptors (Lipinski definition) is 5. The van der Waals surface area contributed by atoms with Gasteiger partial charge in [0.25, 0.3) is 0 Å². The molecular weight excluding hydrogens is 839 g/mol. The maximum absolute atomic E-state index is 12.4. The number of esters is 1. The van der Waals surface area contributed by atoms with Crippen molar-refractivity contribution < 1.29 is 24.5 Å². The Labute approximate surface area is 424 Å². The number of unbranched alkanes of at least 4 members (excludes halogenated alkanes) is 41. The van der Waals surface area contributed by atoms with Gasteiger partial charge in [0.15, 0.2) is 0 Å². The number of hydrogen-bond donors (Lipinski definition) is 3. The van der Waals surface area contributed by atoms with Gasteiger partial charge in [-0.1, -0.05) is 288 Å². The summed E-state index contributed by atoms with van der Waals surface area (Å²) in [6.45, 7) is 4.85. The summed E-state index contributed by atoms with van der Waals surface area (Å²) >= 11 is 0. The maximum atomic E-state index is 12.4. The van der Waals surface area contributed by atoms with Gasteiger partial charge < -0.3 is 20.3 Å². The van der Waals surface area contributed by atoms with E-state index in [1.165, 1.54) is 244 Å². The maximum Gasteiger partial charge on any atom is 0.305 e. The van der Waals surface area contributed by atoms with Crippen molar-refractivity contribution in [1.29, 1.82) is 0 Å². The number of aliphatic hydroxyl groups is 2. The van der Waals surface area contributed by atoms with Gasteiger partial charge in [-0.3, -0.25) is 9.59 Å². The Balaban J connectivity index is 3.34. The minimum Gasteiger partial charge on any atom is -0.466 e. The Morgan fingerprint density at radius 2 is 0.750 bits per heavy atom. The fourth-order valence-corrected chi connectivity index (χ4v) is 9.24. The molecule has 0 saturated carbocycles. The first kappa shape index (κ1) is 66.1. The fourth-order valence-electron chi connectivity index (χ4n) is 9.24. The van der Waals surface area contributed by atoms with E-state index in [0.29, 0.717) is 19.4 Å². The summed E-state index contributed by atoms with van der Waals surface area (Å²) in [5.41, 5.74) is 0. The molecule has 6 heteroatoms. The van der Waals surface area contributed by atoms with Crippen molar-refractivity contribution in [3.63, 3.8) is 0 Å². The standard InChI is InChI=1S/C62H117NO5/c1-3-5-7-9-11-13-15-16-33-36-40-44-48-52-56-62(67)68-57-53-49-45-41-37-34-31-29-27-25-23-21-19-17-18-20-22-24-26-28-30-32-35-39-43-47-51-55-61(66)63-59(58-64)60(65)54-50-46-42-38-14-12-10-8-6-4-2/h9,11,15-16,50,54,59-60,64-65H,3-8,10,12-14,17-49,51-53,55-58H2,1-2H3,(H,63,66)/b11-9-,16-15-,54-50+. The Morgan fingerprint density at radius 1 is 0.412 bits per heavy atom. The number of allylic oxidation sites excluding steroid dienone is 5. The fraction of sp³-hybridized carbons (Fsp3) is 0.871. The molecule has 1 amide bonds. The Morgan fingerprint density at radius 3 is 1.16 bits per heavy atom. The van der Waals surface area contributed by atoms with Crippen LogP contribution in [0.15, 0.2) is 36.5 Å². The quantitative estimate of drug-likeness (QED) is 0.0321. The van der Waals surface area contributed by atoms with Crippen LogP contribution >= 0.6 is 0 Å². The zero-order valence-corrected chi connectivity index (χ0v) is 45.6. The van der Waals surface area contributed by atoms with Crippen LogP contribution in [0.25, 0.3) is 0 Å². The lowest BCUT2D eigenvalue weighted by Crippen LogP contribution is -2.45. The lowest BCUT2D eigenvalue weighted by Gasteiger charge is -2.20. The largest absolute Gasteiger partial charge is 0.466 e. The molecule has 0 radical (unpaired) electrons. The summed E-state index contributed by atoms with van der Waals surface area (Å²) in [6.07, 6.45) is 71.9. The topological polar surface area (TPSA) is 95.9 Å². The molecule has 0 aromatic rings. The van der Waals surface area contributed by atoms with Gasteiger partial charge in [0, 0.05) is 12.8 Å². The van der Waals surface area contributed by atoms with Crippen molar-refractivity contribution in [3.05, 3.63) is 36.5 Å². The van der Waals surface area contributed by atoms with Gasteiger partial charge in [0.05, 0.1) is 25.4 Å². The van der Waals surface area contributed by atoms with E-state index in [4.69, 9.17) is 4.74 Å². The second-order valence-corrected chi connectivity index (χ2v) is 20.7. The normalized spacial score (nSPS) is 12.8. The van der Waals surface area contributed by atoms with Gasteiger partial charge in [0.2, 0.25) is 5.91 Å². The first-order valence-corrected chi connectivity index (χ1v) is 30.3. The molecule has 0 aliphatic carbocycles. The minimum atomic E-state index is -0.840. The Hall–Kier alpha value is -1.92. The minimum absolute atomic E-state index is 0.00272. The van der Waals surface area contributed by atoms with Crippen molar-refractivity contribution in [1.82, 2.24) is 5.32 Å². The number of aliphatic hydroxyl groups excluding tert-OH is 2. The number of rotatable bonds is 56. The van der Waals surface area contributed by atoms with Crippen molar-refractivity contribution in [2.75, 3.05) is 13.2 Å². The zero-order valence-electron chi connectivity index (χ0n) is 45.6. The highest BCUT2D eigenvalue weighted by Gasteiger charge is 2.18. The molecule has 0 spiro atoms. The van der Waals surface area contributed by atoms with E-state index in [0.717, 1.165) is 51.4 Å². The SMILES string of the molecule is CCCC/C=C\C/C=C\CCCCCCCC(=O)OCCCCCCCCCCCCCCCCCCCCCCCCCCCCCC(=O)NC(CO)C(O)/C=C/CCCCCCCCCC. The molecule has 0 aliphatic rings. The van der Waals surface area contributed by atoms with E-state index in [2.05, 4.69) is 43.5 Å². The van der Waals surface area contributed by atoms with Crippen LogP contribution in [-0.4, -0.2) is 47.4 Å². The monoisotopic (exact) mass is 956 g/mol. The molecule has 2 unspecified atom stereocenters. The van der Waals surface area contributed by atoms with E-state index < -0.39 is 12.1 Å². The average Bonchev–Trinajstić information content (AvgIpc) is 3.34. The van der Waals surface area contributed by atoms with Gasteiger partial charge >= 0.3 is 5.97 Å². The summed E-state index contributed by atoms with van der Waals surface area (Å²) in [5, 5.41) is 23.0. The molecule has 3 N–H and O–H groups in total. The van der Waals surface area contributed by atoms with Crippen molar-refractivity contribution >= 4 is 11.9 Å². The van der Waals surface area contributed by atoms with Gasteiger partial charge in [-0.2, -0.15) is 0 Å². The molecule has 0 bridgehead atoms. The highest BCUT2D eigenvalue weighted by atomic mass is 16.5. The van der Waals surface area contributed by atoms with Crippen molar-refractivity contribution in [3.8, 4) is 0 Å². The van der Waals surface area contributed by atoms with Gasteiger partial charge in [-0.15, -0.1) is 0 Å². The van der Waals surface area contributed by atoms with E-state index in [9.17, 15) is 19.8 Å². The van der Waals surface area contributed by atoms with Gasteiger partial charge in [-0.25, -0.2) is 0 Å². The van der Waals surface area contributed by atoms with Crippen LogP contribution in [0.4, 0.5) is 0 Å². The van der Waals surface area contributed by atoms with Gasteiger partial charge in [-0.05, 0) is 57.8 Å². The molecule has 2 atom stereocenters. The number of nitrogens with one attached hydrogen (secondary N) is 1. The summed E-state index contributed by atoms with van der Waals surface area (Å²) in [7, 11) is 0. The number of carbonyl (C=O) groups excluding carboxylic acids is 2. The zero-order chi connectivity index (χ0) is 49.3. The molecule has 400 valence electrons. The molecule has 0 aliphatic heterocycles. The Kier molecular flexibility index (Phi) is 56.0.